The van der Waals surface area contributed by atoms with E-state index < -0.39 is 0 Å². The zero-order valence-electron chi connectivity index (χ0n) is 12.8. The van der Waals surface area contributed by atoms with E-state index in [0.29, 0.717) is 18.4 Å². The first-order valence-electron chi connectivity index (χ1n) is 7.58. The van der Waals surface area contributed by atoms with Gasteiger partial charge in [-0.05, 0) is 48.8 Å². The summed E-state index contributed by atoms with van der Waals surface area (Å²) in [6.07, 6.45) is 2.05. The number of benzene rings is 1. The van der Waals surface area contributed by atoms with Gasteiger partial charge < -0.3 is 10.6 Å². The molecule has 2 fully saturated rings. The highest BCUT2D eigenvalue weighted by Gasteiger charge is 2.48. The molecule has 1 amide bonds. The Morgan fingerprint density at radius 1 is 1.43 bits per heavy atom. The van der Waals surface area contributed by atoms with E-state index in [4.69, 9.17) is 5.73 Å². The number of amides is 1. The molecule has 0 radical (unpaired) electrons. The molecule has 1 aliphatic heterocycles. The summed E-state index contributed by atoms with van der Waals surface area (Å²) in [4.78, 5) is 14.6. The maximum atomic E-state index is 12.6. The van der Waals surface area contributed by atoms with Gasteiger partial charge >= 0.3 is 0 Å². The third-order valence-corrected chi connectivity index (χ3v) is 5.06. The van der Waals surface area contributed by atoms with Gasteiger partial charge in [0.05, 0.1) is 0 Å². The lowest BCUT2D eigenvalue weighted by Gasteiger charge is -2.22. The van der Waals surface area contributed by atoms with Crippen molar-refractivity contribution >= 4 is 18.3 Å². The highest BCUT2D eigenvalue weighted by atomic mass is 35.5. The standard InChI is InChI=1S/C17H24N2O.ClH/c1-12-5-3-4-6-13(12)14-9-15(14)16(20)19-8-7-17(2,10-18)11-19;/h3-6,14-15H,7-11,18H2,1-2H3;1H. The van der Waals surface area contributed by atoms with Crippen LogP contribution in [0.25, 0.3) is 0 Å². The highest BCUT2D eigenvalue weighted by molar-refractivity contribution is 5.85. The van der Waals surface area contributed by atoms with Crippen LogP contribution in [-0.2, 0) is 4.79 Å². The fraction of sp³-hybridized carbons (Fsp3) is 0.588. The molecule has 1 aliphatic carbocycles. The van der Waals surface area contributed by atoms with Crippen molar-refractivity contribution < 1.29 is 4.79 Å². The van der Waals surface area contributed by atoms with Crippen LogP contribution in [0.15, 0.2) is 24.3 Å². The van der Waals surface area contributed by atoms with Crippen LogP contribution in [-0.4, -0.2) is 30.4 Å². The smallest absolute Gasteiger partial charge is 0.226 e. The van der Waals surface area contributed by atoms with E-state index in [1.807, 2.05) is 4.90 Å². The summed E-state index contributed by atoms with van der Waals surface area (Å²) < 4.78 is 0. The van der Waals surface area contributed by atoms with Gasteiger partial charge in [0.25, 0.3) is 0 Å². The van der Waals surface area contributed by atoms with Crippen LogP contribution in [0.2, 0.25) is 0 Å². The lowest BCUT2D eigenvalue weighted by atomic mass is 9.90. The average Bonchev–Trinajstić information content (AvgIpc) is 3.14. The molecule has 3 rings (SSSR count). The van der Waals surface area contributed by atoms with Gasteiger partial charge in [-0.25, -0.2) is 0 Å². The number of nitrogens with zero attached hydrogens (tertiary/aromatic N) is 1. The summed E-state index contributed by atoms with van der Waals surface area (Å²) in [5.74, 6) is 0.986. The number of likely N-dealkylation sites (tertiary alicyclic amines) is 1. The van der Waals surface area contributed by atoms with Gasteiger partial charge in [-0.15, -0.1) is 12.4 Å². The van der Waals surface area contributed by atoms with E-state index in [0.717, 1.165) is 25.9 Å². The van der Waals surface area contributed by atoms with Crippen molar-refractivity contribution in [3.05, 3.63) is 35.4 Å². The Kier molecular flexibility index (Phi) is 4.64. The maximum absolute atomic E-state index is 12.6. The summed E-state index contributed by atoms with van der Waals surface area (Å²) in [6.45, 7) is 6.70. The minimum Gasteiger partial charge on any atom is -0.342 e. The Hall–Kier alpha value is -1.06. The largest absolute Gasteiger partial charge is 0.342 e. The second-order valence-corrected chi connectivity index (χ2v) is 6.83. The molecule has 21 heavy (non-hydrogen) atoms. The average molecular weight is 309 g/mol. The van der Waals surface area contributed by atoms with Crippen LogP contribution in [0, 0.1) is 18.3 Å². The molecule has 0 bridgehead atoms. The summed E-state index contributed by atoms with van der Waals surface area (Å²) in [5.41, 5.74) is 8.61. The number of carbonyl (C=O) groups is 1. The van der Waals surface area contributed by atoms with Crippen LogP contribution in [0.1, 0.15) is 36.8 Å². The number of hydrogen-bond donors (Lipinski definition) is 1. The summed E-state index contributed by atoms with van der Waals surface area (Å²) in [7, 11) is 0. The van der Waals surface area contributed by atoms with E-state index in [9.17, 15) is 4.79 Å². The van der Waals surface area contributed by atoms with E-state index in [2.05, 4.69) is 38.1 Å². The molecule has 1 saturated carbocycles. The SMILES string of the molecule is Cc1ccccc1C1CC1C(=O)N1CCC(C)(CN)C1.Cl. The molecule has 3 atom stereocenters. The van der Waals surface area contributed by atoms with Crippen LogP contribution >= 0.6 is 12.4 Å². The van der Waals surface area contributed by atoms with Crippen molar-refractivity contribution in [1.29, 1.82) is 0 Å². The number of aryl methyl sites for hydroxylation is 1. The molecular formula is C17H25ClN2O. The molecule has 116 valence electrons. The van der Waals surface area contributed by atoms with Crippen LogP contribution in [0.3, 0.4) is 0 Å². The van der Waals surface area contributed by atoms with Gasteiger partial charge in [0.1, 0.15) is 0 Å². The molecule has 1 aromatic rings. The monoisotopic (exact) mass is 308 g/mol. The summed E-state index contributed by atoms with van der Waals surface area (Å²) in [5, 5.41) is 0. The molecule has 1 heterocycles. The molecular weight excluding hydrogens is 284 g/mol. The Morgan fingerprint density at radius 3 is 2.76 bits per heavy atom. The van der Waals surface area contributed by atoms with Gasteiger partial charge in [-0.3, -0.25) is 4.79 Å². The van der Waals surface area contributed by atoms with Gasteiger partial charge in [0.15, 0.2) is 0 Å². The summed E-state index contributed by atoms with van der Waals surface area (Å²) in [6, 6.07) is 8.44. The molecule has 4 heteroatoms. The minimum atomic E-state index is 0. The first-order chi connectivity index (χ1) is 9.54. The van der Waals surface area contributed by atoms with Gasteiger partial charge in [-0.1, -0.05) is 31.2 Å². The predicted octanol–water partition coefficient (Wildman–Crippen LogP) is 2.72. The zero-order chi connectivity index (χ0) is 14.3. The first-order valence-corrected chi connectivity index (χ1v) is 7.58. The Morgan fingerprint density at radius 2 is 2.14 bits per heavy atom. The fourth-order valence-electron chi connectivity index (χ4n) is 3.43. The third-order valence-electron chi connectivity index (χ3n) is 5.06. The maximum Gasteiger partial charge on any atom is 0.226 e. The lowest BCUT2D eigenvalue weighted by Crippen LogP contribution is -2.35. The second-order valence-electron chi connectivity index (χ2n) is 6.83. The van der Waals surface area contributed by atoms with E-state index in [-0.39, 0.29) is 23.7 Å². The number of nitrogens with two attached hydrogens (primary N) is 1. The van der Waals surface area contributed by atoms with E-state index in [1.54, 1.807) is 0 Å². The molecule has 3 nitrogen and oxygen atoms in total. The zero-order valence-corrected chi connectivity index (χ0v) is 13.7. The fourth-order valence-corrected chi connectivity index (χ4v) is 3.43. The quantitative estimate of drug-likeness (QED) is 0.933. The number of hydrogen-bond acceptors (Lipinski definition) is 2. The van der Waals surface area contributed by atoms with Crippen molar-refractivity contribution in [3.63, 3.8) is 0 Å². The Labute approximate surface area is 133 Å². The van der Waals surface area contributed by atoms with Crippen molar-refractivity contribution in [3.8, 4) is 0 Å². The van der Waals surface area contributed by atoms with Crippen LogP contribution in [0.5, 0.6) is 0 Å². The third kappa shape index (κ3) is 3.09. The number of halogens is 1. The predicted molar refractivity (Wildman–Crippen MR) is 87.6 cm³/mol. The molecule has 0 aromatic heterocycles. The topological polar surface area (TPSA) is 46.3 Å². The number of rotatable bonds is 3. The Bertz CT molecular complexity index is 533. The molecule has 1 aromatic carbocycles. The Balaban J connectivity index is 0.00000161. The van der Waals surface area contributed by atoms with Crippen LogP contribution in [0.4, 0.5) is 0 Å². The first kappa shape index (κ1) is 16.3. The van der Waals surface area contributed by atoms with Gasteiger partial charge in [-0.2, -0.15) is 0 Å². The van der Waals surface area contributed by atoms with Gasteiger partial charge in [0.2, 0.25) is 5.91 Å². The van der Waals surface area contributed by atoms with Crippen molar-refractivity contribution in [2.75, 3.05) is 19.6 Å². The molecule has 2 N–H and O–H groups in total. The minimum absolute atomic E-state index is 0. The molecule has 2 aliphatic rings. The van der Waals surface area contributed by atoms with Gasteiger partial charge in [0, 0.05) is 19.0 Å². The highest BCUT2D eigenvalue weighted by Crippen LogP contribution is 2.50. The van der Waals surface area contributed by atoms with Crippen LogP contribution < -0.4 is 5.73 Å². The molecule has 1 saturated heterocycles. The van der Waals surface area contributed by atoms with Crippen molar-refractivity contribution in [2.45, 2.75) is 32.6 Å². The molecule has 3 unspecified atom stereocenters. The van der Waals surface area contributed by atoms with E-state index in [1.165, 1.54) is 11.1 Å². The number of carbonyl (C=O) groups excluding carboxylic acids is 1. The normalized spacial score (nSPS) is 30.9. The molecule has 0 spiro atoms. The lowest BCUT2D eigenvalue weighted by molar-refractivity contribution is -0.132. The van der Waals surface area contributed by atoms with Crippen molar-refractivity contribution in [2.24, 2.45) is 17.1 Å². The van der Waals surface area contributed by atoms with Crippen molar-refractivity contribution in [1.82, 2.24) is 4.90 Å². The summed E-state index contributed by atoms with van der Waals surface area (Å²) >= 11 is 0. The van der Waals surface area contributed by atoms with E-state index >= 15 is 0 Å². The second kappa shape index (κ2) is 5.98.